The fourth-order valence-electron chi connectivity index (χ4n) is 6.98. The minimum absolute atomic E-state index is 0. The van der Waals surface area contributed by atoms with Crippen LogP contribution in [0.4, 0.5) is 0 Å². The number of furan rings is 1. The van der Waals surface area contributed by atoms with E-state index in [1.165, 1.54) is 38.2 Å². The number of thiophene rings is 1. The van der Waals surface area contributed by atoms with E-state index < -0.39 is 0 Å². The van der Waals surface area contributed by atoms with Crippen LogP contribution in [0, 0.1) is 29.7 Å². The average Bonchev–Trinajstić information content (AvgIpc) is 3.74. The molecule has 0 unspecified atom stereocenters. The zero-order chi connectivity index (χ0) is 39.6. The molecule has 1 N–H and O–H groups in total. The van der Waals surface area contributed by atoms with E-state index in [1.54, 1.807) is 0 Å². The second-order valence-corrected chi connectivity index (χ2v) is 17.8. The second kappa shape index (κ2) is 17.7. The zero-order valence-corrected chi connectivity index (χ0v) is 38.1. The first kappa shape index (κ1) is 44.1. The number of hydrogen-bond donors (Lipinski definition) is 1. The van der Waals surface area contributed by atoms with Gasteiger partial charge in [-0.15, -0.1) is 29.0 Å². The molecule has 5 nitrogen and oxygen atoms in total. The third kappa shape index (κ3) is 9.33. The minimum Gasteiger partial charge on any atom is -0.512 e. The fourth-order valence-corrected chi connectivity index (χ4v) is 7.99. The Morgan fingerprint density at radius 3 is 2.24 bits per heavy atom. The molecule has 6 rings (SSSR count). The van der Waals surface area contributed by atoms with E-state index in [2.05, 4.69) is 94.4 Å². The Hall–Kier alpha value is -3.64. The molecule has 0 saturated carbocycles. The number of ketones is 1. The quantitative estimate of drug-likeness (QED) is 0.0796. The molecule has 0 aliphatic rings. The van der Waals surface area contributed by atoms with Crippen LogP contribution in [-0.4, -0.2) is 20.9 Å². The normalized spacial score (nSPS) is 12.6. The van der Waals surface area contributed by atoms with Gasteiger partial charge in [-0.2, -0.15) is 0 Å². The number of hydrogen-bond acceptors (Lipinski definition) is 6. The molecule has 2 aromatic carbocycles. The van der Waals surface area contributed by atoms with Crippen molar-refractivity contribution in [1.29, 1.82) is 0 Å². The van der Waals surface area contributed by atoms with Crippen LogP contribution in [0.1, 0.15) is 119 Å². The molecule has 0 spiro atoms. The maximum absolute atomic E-state index is 12.2. The largest absolute Gasteiger partial charge is 0.512 e. The van der Waals surface area contributed by atoms with Crippen molar-refractivity contribution in [3.05, 3.63) is 95.0 Å². The van der Waals surface area contributed by atoms with Crippen molar-refractivity contribution >= 4 is 49.1 Å². The van der Waals surface area contributed by atoms with Gasteiger partial charge in [0.05, 0.1) is 6.26 Å². The average molecular weight is 936 g/mol. The van der Waals surface area contributed by atoms with Gasteiger partial charge in [-0.25, -0.2) is 0 Å². The molecule has 7 heteroatoms. The summed E-state index contributed by atoms with van der Waals surface area (Å²) in [5.41, 5.74) is 7.96. The van der Waals surface area contributed by atoms with Crippen LogP contribution >= 0.6 is 11.3 Å². The number of aliphatic hydroxyl groups is 1. The van der Waals surface area contributed by atoms with E-state index in [-0.39, 0.29) is 47.9 Å². The number of allylic oxidation sites excluding steroid dienone is 2. The molecule has 4 aromatic heterocycles. The Morgan fingerprint density at radius 2 is 1.62 bits per heavy atom. The summed E-state index contributed by atoms with van der Waals surface area (Å²) < 4.78 is 7.28. The third-order valence-electron chi connectivity index (χ3n) is 11.7. The Labute approximate surface area is 346 Å². The topological polar surface area (TPSA) is 76.2 Å². The first-order valence-corrected chi connectivity index (χ1v) is 20.5. The molecule has 0 amide bonds. The summed E-state index contributed by atoms with van der Waals surface area (Å²) in [6.07, 6.45) is 11.4. The first-order chi connectivity index (χ1) is 25.5. The number of aromatic nitrogens is 2. The second-order valence-electron chi connectivity index (χ2n) is 16.9. The number of nitrogens with zero attached hydrogens (tertiary/aromatic N) is 2. The van der Waals surface area contributed by atoms with Crippen molar-refractivity contribution in [2.24, 2.45) is 16.7 Å². The van der Waals surface area contributed by atoms with E-state index in [9.17, 15) is 9.90 Å². The predicted octanol–water partition coefficient (Wildman–Crippen LogP) is 14.2. The van der Waals surface area contributed by atoms with Gasteiger partial charge in [-0.3, -0.25) is 9.78 Å². The van der Waals surface area contributed by atoms with E-state index in [0.29, 0.717) is 11.6 Å². The third-order valence-corrected chi connectivity index (χ3v) is 12.7. The number of aryl methyl sites for hydroxylation is 1. The molecule has 0 bridgehead atoms. The minimum atomic E-state index is -0.337. The van der Waals surface area contributed by atoms with Crippen molar-refractivity contribution in [3.63, 3.8) is 0 Å². The summed E-state index contributed by atoms with van der Waals surface area (Å²) in [4.78, 5) is 21.5. The van der Waals surface area contributed by atoms with Crippen molar-refractivity contribution in [1.82, 2.24) is 9.97 Å². The number of aliphatic hydroxyl groups excluding tert-OH is 1. The van der Waals surface area contributed by atoms with E-state index in [1.807, 2.05) is 71.5 Å². The first-order valence-electron chi connectivity index (χ1n) is 19.6. The Balaban J connectivity index is 0.000000320. The van der Waals surface area contributed by atoms with E-state index in [4.69, 9.17) is 9.40 Å². The van der Waals surface area contributed by atoms with Gasteiger partial charge in [0.25, 0.3) is 0 Å². The van der Waals surface area contributed by atoms with Gasteiger partial charge in [-0.1, -0.05) is 117 Å². The molecule has 4 heterocycles. The smallest absolute Gasteiger partial charge is 0.219 e. The number of fused-ring (bicyclic) bond motifs is 3. The molecule has 6 aromatic rings. The van der Waals surface area contributed by atoms with E-state index >= 15 is 0 Å². The molecule has 0 atom stereocenters. The van der Waals surface area contributed by atoms with E-state index in [0.717, 1.165) is 65.3 Å². The van der Waals surface area contributed by atoms with Crippen LogP contribution in [0.15, 0.2) is 76.7 Å². The summed E-state index contributed by atoms with van der Waals surface area (Å²) in [7, 11) is 0. The predicted molar refractivity (Wildman–Crippen MR) is 229 cm³/mol. The number of carbonyl (C=O) groups excluding carboxylic acids is 1. The Bertz CT molecular complexity index is 2300. The molecule has 0 fully saturated rings. The van der Waals surface area contributed by atoms with Gasteiger partial charge in [0.2, 0.25) is 5.71 Å². The SMILES string of the molecule is CCC(C)(CC)C(=O)/C=C(\O)C(C)(CC)CC.Cc1coc2nc(-c3[c-]c4cnccc4c(C(C)(C)C)c3)cc(-c3ccc4c(CC(C)C)csc4c3)c12.[Ir]. The maximum Gasteiger partial charge on any atom is 0.219 e. The molecule has 0 saturated heterocycles. The number of rotatable bonds is 11. The Morgan fingerprint density at radius 1 is 0.945 bits per heavy atom. The maximum atomic E-state index is 12.2. The summed E-state index contributed by atoms with van der Waals surface area (Å²) in [5.74, 6) is 0.925. The molecular formula is C48H59IrN2O3S-. The summed E-state index contributed by atoms with van der Waals surface area (Å²) >= 11 is 1.83. The number of benzene rings is 2. The molecule has 295 valence electrons. The van der Waals surface area contributed by atoms with Crippen molar-refractivity contribution in [2.75, 3.05) is 0 Å². The summed E-state index contributed by atoms with van der Waals surface area (Å²) in [6.45, 7) is 25.5. The van der Waals surface area contributed by atoms with Crippen LogP contribution in [0.25, 0.3) is 54.3 Å². The molecular weight excluding hydrogens is 877 g/mol. The van der Waals surface area contributed by atoms with Gasteiger partial charge in [0.15, 0.2) is 5.78 Å². The molecule has 55 heavy (non-hydrogen) atoms. The standard InChI is InChI=1S/C33H31N2OS.C15H28O2.Ir/c1-19(2)11-24-18-37-30-14-21(7-8-26(24)30)27-15-29(35-32-31(27)20(3)17-36-32)22-12-23-16-34-10-9-25(23)28(13-22)33(4,5)6;1-7-14(5,8-2)12(16)11-13(17)15(6,9-3)10-4;/h7-10,13-19H,11H2,1-6H3;11,16H,7-10H2,1-6H3;/q-1;;/b;12-11-;. The van der Waals surface area contributed by atoms with Crippen LogP contribution in [0.5, 0.6) is 0 Å². The summed E-state index contributed by atoms with van der Waals surface area (Å²) in [5, 5.41) is 17.1. The Kier molecular flexibility index (Phi) is 14.2. The van der Waals surface area contributed by atoms with Gasteiger partial charge < -0.3 is 14.5 Å². The van der Waals surface area contributed by atoms with Gasteiger partial charge in [0, 0.05) is 59.0 Å². The molecule has 0 aliphatic heterocycles. The van der Waals surface area contributed by atoms with Crippen molar-refractivity contribution in [2.45, 2.75) is 121 Å². The fraction of sp³-hybridized carbons (Fsp3) is 0.438. The van der Waals surface area contributed by atoms with Crippen LogP contribution in [0.2, 0.25) is 0 Å². The molecule has 1 radical (unpaired) electrons. The molecule has 0 aliphatic carbocycles. The number of pyridine rings is 2. The zero-order valence-electron chi connectivity index (χ0n) is 34.9. The van der Waals surface area contributed by atoms with Crippen LogP contribution in [-0.2, 0) is 36.7 Å². The van der Waals surface area contributed by atoms with Crippen molar-refractivity contribution < 1.29 is 34.4 Å². The van der Waals surface area contributed by atoms with Crippen molar-refractivity contribution in [3.8, 4) is 22.4 Å². The van der Waals surface area contributed by atoms with Gasteiger partial charge in [-0.05, 0) is 95.6 Å². The van der Waals surface area contributed by atoms with Gasteiger partial charge in [0.1, 0.15) is 5.76 Å². The monoisotopic (exact) mass is 936 g/mol. The summed E-state index contributed by atoms with van der Waals surface area (Å²) in [6, 6.07) is 17.0. The van der Waals surface area contributed by atoms with Crippen LogP contribution < -0.4 is 0 Å². The number of carbonyl (C=O) groups is 1. The van der Waals surface area contributed by atoms with Crippen LogP contribution in [0.3, 0.4) is 0 Å². The van der Waals surface area contributed by atoms with Gasteiger partial charge >= 0.3 is 0 Å².